The summed E-state index contributed by atoms with van der Waals surface area (Å²) < 4.78 is 138. The molecule has 58 heavy (non-hydrogen) atoms. The lowest BCUT2D eigenvalue weighted by molar-refractivity contribution is -0.368. The molecule has 2 heterocycles. The zero-order chi connectivity index (χ0) is 45.5. The molecule has 24 heteroatoms. The lowest BCUT2D eigenvalue weighted by atomic mass is 9.98. The second-order valence-corrected chi connectivity index (χ2v) is 54.9. The molecule has 0 aromatic heterocycles. The fourth-order valence-electron chi connectivity index (χ4n) is 6.18. The van der Waals surface area contributed by atoms with Gasteiger partial charge in [0.2, 0.25) is 0 Å². The molecular weight excluding hydrogens is 902 g/mol. The maximum atomic E-state index is 13.6. The topological polar surface area (TPSA) is 136 Å². The number of alkyl halides is 3. The highest BCUT2D eigenvalue weighted by Gasteiger charge is 2.58. The minimum atomic E-state index is -6.00. The van der Waals surface area contributed by atoms with E-state index in [9.17, 15) is 21.6 Å². The first-order valence-electron chi connectivity index (χ1n) is 20.1. The summed E-state index contributed by atoms with van der Waals surface area (Å²) in [5.41, 5.74) is -5.66. The minimum Gasteiger partial charge on any atom is -0.415 e. The van der Waals surface area contributed by atoms with Crippen LogP contribution in [-0.4, -0.2) is 147 Å². The van der Waals surface area contributed by atoms with E-state index in [2.05, 4.69) is 63.1 Å². The average Bonchev–Trinajstić information content (AvgIpc) is 2.92. The van der Waals surface area contributed by atoms with Crippen LogP contribution >= 0.6 is 0 Å². The van der Waals surface area contributed by atoms with Gasteiger partial charge in [-0.05, 0) is 137 Å². The van der Waals surface area contributed by atoms with Crippen molar-refractivity contribution in [2.24, 2.45) is 0 Å². The van der Waals surface area contributed by atoms with E-state index < -0.39 is 142 Å². The van der Waals surface area contributed by atoms with Crippen molar-refractivity contribution in [1.82, 2.24) is 0 Å². The smallest absolute Gasteiger partial charge is 0.415 e. The van der Waals surface area contributed by atoms with Crippen molar-refractivity contribution in [3.05, 3.63) is 0 Å². The monoisotopic (exact) mass is 978 g/mol. The normalized spacial score (nSPS) is 30.5. The molecule has 0 unspecified atom stereocenters. The van der Waals surface area contributed by atoms with Crippen LogP contribution in [0.15, 0.2) is 0 Å². The Kier molecular flexibility index (Phi) is 18.5. The molecule has 2 rings (SSSR count). The van der Waals surface area contributed by atoms with Gasteiger partial charge in [-0.3, -0.25) is 4.18 Å². The number of hydrogen-bond acceptors (Lipinski definition) is 13. The van der Waals surface area contributed by atoms with Gasteiger partial charge >= 0.3 is 15.6 Å². The Morgan fingerprint density at radius 2 is 0.707 bits per heavy atom. The summed E-state index contributed by atoms with van der Waals surface area (Å²) in [5.74, 6) is 0. The summed E-state index contributed by atoms with van der Waals surface area (Å²) in [6.07, 6.45) is -9.81. The molecule has 0 saturated carbocycles. The van der Waals surface area contributed by atoms with Gasteiger partial charge in [-0.2, -0.15) is 21.6 Å². The Morgan fingerprint density at radius 1 is 0.431 bits per heavy atom. The number of hydrogen-bond donors (Lipinski definition) is 0. The van der Waals surface area contributed by atoms with Crippen LogP contribution in [0.3, 0.4) is 0 Å². The summed E-state index contributed by atoms with van der Waals surface area (Å²) in [7, 11) is -22.6. The Morgan fingerprint density at radius 3 is 0.983 bits per heavy atom. The van der Waals surface area contributed by atoms with Gasteiger partial charge in [0.05, 0.1) is 13.2 Å². The molecule has 0 radical (unpaired) electrons. The third-order valence-electron chi connectivity index (χ3n) is 7.74. The van der Waals surface area contributed by atoms with Crippen molar-refractivity contribution < 1.29 is 71.0 Å². The van der Waals surface area contributed by atoms with E-state index in [1.807, 2.05) is 78.6 Å². The van der Waals surface area contributed by atoms with Gasteiger partial charge in [0.1, 0.15) is 48.8 Å². The SMILES string of the molecule is C[Si](C)(C)OC[C@H]1O[C@H](O[C@H]2O[C@H](COS(=O)(=O)C(F)(F)F)[C@@H](O[Si](C)(C)C)[C@H](O[Si](C)(C)C)[C@H]2O[Si](C)(C)C)[C@H](O[Si](C)(C)C)[C@@H](O[Si](C)(C)C)[C@@H]1O[Si](C)(C)C. The number of ether oxygens (including phenoxy) is 3. The molecule has 0 aliphatic carbocycles. The van der Waals surface area contributed by atoms with Crippen molar-refractivity contribution in [1.29, 1.82) is 0 Å². The largest absolute Gasteiger partial charge is 0.523 e. The molecule has 0 N–H and O–H groups in total. The van der Waals surface area contributed by atoms with Gasteiger partial charge in [-0.25, -0.2) is 0 Å². The van der Waals surface area contributed by atoms with Crippen LogP contribution in [-0.2, 0) is 59.5 Å². The molecule has 0 amide bonds. The fourth-order valence-corrected chi connectivity index (χ4v) is 13.8. The molecule has 2 fully saturated rings. The molecule has 346 valence electrons. The summed E-state index contributed by atoms with van der Waals surface area (Å²) in [4.78, 5) is 0. The average molecular weight is 980 g/mol. The van der Waals surface area contributed by atoms with Gasteiger partial charge in [0, 0.05) is 0 Å². The van der Waals surface area contributed by atoms with Crippen LogP contribution in [0.2, 0.25) is 137 Å². The van der Waals surface area contributed by atoms with Crippen molar-refractivity contribution in [3.8, 4) is 0 Å². The van der Waals surface area contributed by atoms with Crippen molar-refractivity contribution in [3.63, 3.8) is 0 Å². The van der Waals surface area contributed by atoms with E-state index in [4.69, 9.17) is 45.2 Å². The van der Waals surface area contributed by atoms with Crippen LogP contribution < -0.4 is 0 Å². The van der Waals surface area contributed by atoms with Crippen LogP contribution in [0.25, 0.3) is 0 Å². The molecule has 0 spiro atoms. The molecule has 0 bridgehead atoms. The van der Waals surface area contributed by atoms with Crippen molar-refractivity contribution in [2.45, 2.75) is 204 Å². The first-order chi connectivity index (χ1) is 25.5. The van der Waals surface area contributed by atoms with Gasteiger partial charge in [-0.15, -0.1) is 0 Å². The van der Waals surface area contributed by atoms with Crippen LogP contribution in [0.5, 0.6) is 0 Å². The van der Waals surface area contributed by atoms with E-state index in [1.54, 1.807) is 0 Å². The molecule has 2 aliphatic rings. The zero-order valence-electron chi connectivity index (χ0n) is 39.0. The molecule has 13 nitrogen and oxygen atoms in total. The highest BCUT2D eigenvalue weighted by Crippen LogP contribution is 2.40. The molecule has 2 aliphatic heterocycles. The Balaban J connectivity index is 2.94. The predicted octanol–water partition coefficient (Wildman–Crippen LogP) is 8.49. The van der Waals surface area contributed by atoms with Gasteiger partial charge in [0.15, 0.2) is 70.8 Å². The van der Waals surface area contributed by atoms with Crippen LogP contribution in [0, 0.1) is 0 Å². The number of rotatable bonds is 20. The third kappa shape index (κ3) is 19.3. The van der Waals surface area contributed by atoms with E-state index >= 15 is 0 Å². The molecule has 10 atom stereocenters. The van der Waals surface area contributed by atoms with Crippen LogP contribution in [0.4, 0.5) is 13.2 Å². The van der Waals surface area contributed by atoms with Crippen LogP contribution in [0.1, 0.15) is 0 Å². The van der Waals surface area contributed by atoms with E-state index in [0.29, 0.717) is 0 Å². The second kappa shape index (κ2) is 19.5. The minimum absolute atomic E-state index is 0.176. The second-order valence-electron chi connectivity index (χ2n) is 22.0. The maximum absolute atomic E-state index is 13.6. The molecule has 0 aromatic rings. The first kappa shape index (κ1) is 55.0. The quantitative estimate of drug-likeness (QED) is 0.0656. The maximum Gasteiger partial charge on any atom is 0.523 e. The third-order valence-corrected chi connectivity index (χ3v) is 15.7. The summed E-state index contributed by atoms with van der Waals surface area (Å²) in [5, 5.41) is 0. The van der Waals surface area contributed by atoms with Gasteiger partial charge in [-0.1, -0.05) is 0 Å². The van der Waals surface area contributed by atoms with E-state index in [-0.39, 0.29) is 6.61 Å². The lowest BCUT2D eigenvalue weighted by Gasteiger charge is -2.54. The molecular formula is C34H77F3O13SSi7. The van der Waals surface area contributed by atoms with E-state index in [0.717, 1.165) is 0 Å². The van der Waals surface area contributed by atoms with Crippen molar-refractivity contribution >= 4 is 68.3 Å². The Labute approximate surface area is 355 Å². The van der Waals surface area contributed by atoms with E-state index in [1.165, 1.54) is 0 Å². The van der Waals surface area contributed by atoms with Crippen molar-refractivity contribution in [2.75, 3.05) is 13.2 Å². The number of halogens is 3. The fraction of sp³-hybridized carbons (Fsp3) is 1.00. The Bertz CT molecular complexity index is 1420. The summed E-state index contributed by atoms with van der Waals surface area (Å²) in [6, 6.07) is 0. The first-order valence-corrected chi connectivity index (χ1v) is 45.4. The van der Waals surface area contributed by atoms with Gasteiger partial charge < -0.3 is 45.2 Å². The molecule has 2 saturated heterocycles. The molecule has 0 aromatic carbocycles. The zero-order valence-corrected chi connectivity index (χ0v) is 46.9. The Hall–Kier alpha value is 0.818. The predicted molar refractivity (Wildman–Crippen MR) is 238 cm³/mol. The highest BCUT2D eigenvalue weighted by molar-refractivity contribution is 7.87. The standard InChI is InChI=1S/C34H77F3O13SSi7/c1-52(2,3)41-23-25-27(46-54(7,8)9)29(48-56(13,14)15)31(50-58(19,20)21)33(43-25)44-32-30(49-57(16,17)18)28(47-55(10,11)12)26(45-53(4,5)6)24(42-32)22-40-51(38,39)34(35,36)37/h24-33H,22-23H2,1-21H3/t24-,25-,26-,27-,28+,29+,30-,31-,32-,33-/m1/s1. The van der Waals surface area contributed by atoms with Gasteiger partial charge in [0.25, 0.3) is 0 Å². The summed E-state index contributed by atoms with van der Waals surface area (Å²) in [6.45, 7) is 41.7. The summed E-state index contributed by atoms with van der Waals surface area (Å²) >= 11 is 0. The highest BCUT2D eigenvalue weighted by atomic mass is 32.2. The lowest BCUT2D eigenvalue weighted by Crippen LogP contribution is -2.69.